The van der Waals surface area contributed by atoms with Crippen LogP contribution in [0.1, 0.15) is 10.4 Å². The Bertz CT molecular complexity index is 545. The van der Waals surface area contributed by atoms with Crippen molar-refractivity contribution in [3.8, 4) is 41.9 Å². The van der Waals surface area contributed by atoms with E-state index in [0.717, 1.165) is 0 Å². The van der Waals surface area contributed by atoms with Gasteiger partial charge in [-0.1, -0.05) is 11.8 Å². The Labute approximate surface area is 130 Å². The molecule has 0 radical (unpaired) electrons. The second-order valence-electron chi connectivity index (χ2n) is 3.71. The molecule has 0 atom stereocenters. The van der Waals surface area contributed by atoms with Crippen LogP contribution in [-0.2, 0) is 0 Å². The van der Waals surface area contributed by atoms with Gasteiger partial charge in [-0.2, -0.15) is 0 Å². The molecule has 6 nitrogen and oxygen atoms in total. The summed E-state index contributed by atoms with van der Waals surface area (Å²) in [6.07, 6.45) is 9.73. The maximum Gasteiger partial charge on any atom is 0.252 e. The number of ether oxygens (including phenoxy) is 3. The van der Waals surface area contributed by atoms with Crippen molar-refractivity contribution in [1.82, 2.24) is 5.32 Å². The molecule has 0 unspecified atom stereocenters. The highest BCUT2D eigenvalue weighted by molar-refractivity contribution is 5.95. The number of terminal acetylenes is 2. The third-order valence-corrected chi connectivity index (χ3v) is 2.40. The molecular formula is C16H20N2O4. The Morgan fingerprint density at radius 2 is 1.64 bits per heavy atom. The lowest BCUT2D eigenvalue weighted by Crippen LogP contribution is -2.23. The second kappa shape index (κ2) is 10.9. The van der Waals surface area contributed by atoms with E-state index in [4.69, 9.17) is 26.4 Å². The van der Waals surface area contributed by atoms with Gasteiger partial charge in [-0.05, 0) is 12.1 Å². The summed E-state index contributed by atoms with van der Waals surface area (Å²) in [5.74, 6) is 5.52. The van der Waals surface area contributed by atoms with E-state index < -0.39 is 0 Å². The minimum Gasteiger partial charge on any atom is -0.493 e. The number of hydrogen-bond acceptors (Lipinski definition) is 5. The van der Waals surface area contributed by atoms with E-state index in [9.17, 15) is 4.79 Å². The molecule has 0 aromatic heterocycles. The zero-order valence-electron chi connectivity index (χ0n) is 12.9. The molecule has 0 heterocycles. The molecule has 0 saturated heterocycles. The van der Waals surface area contributed by atoms with E-state index >= 15 is 0 Å². The van der Waals surface area contributed by atoms with E-state index in [1.54, 1.807) is 12.1 Å². The molecule has 22 heavy (non-hydrogen) atoms. The minimum atomic E-state index is -0.299. The number of benzene rings is 1. The molecule has 0 spiro atoms. The van der Waals surface area contributed by atoms with Crippen LogP contribution < -0.4 is 25.3 Å². The average molecular weight is 304 g/mol. The Morgan fingerprint density at radius 3 is 1.95 bits per heavy atom. The third kappa shape index (κ3) is 5.66. The summed E-state index contributed by atoms with van der Waals surface area (Å²) >= 11 is 0. The zero-order valence-corrected chi connectivity index (χ0v) is 12.9. The number of methoxy groups -OCH3 is 3. The molecular weight excluding hydrogens is 284 g/mol. The Kier molecular flexibility index (Phi) is 9.50. The minimum absolute atomic E-state index is 0.162. The van der Waals surface area contributed by atoms with Crippen molar-refractivity contribution in [2.24, 2.45) is 5.73 Å². The first kappa shape index (κ1) is 19.2. The molecule has 0 bridgehead atoms. The summed E-state index contributed by atoms with van der Waals surface area (Å²) in [6.45, 7) is 0.509. The first-order valence-electron chi connectivity index (χ1n) is 6.24. The molecule has 118 valence electrons. The number of nitrogens with two attached hydrogens (primary N) is 1. The monoisotopic (exact) mass is 304 g/mol. The molecule has 1 aromatic rings. The highest BCUT2D eigenvalue weighted by Gasteiger charge is 2.16. The topological polar surface area (TPSA) is 82.8 Å². The summed E-state index contributed by atoms with van der Waals surface area (Å²) in [7, 11) is 4.47. The van der Waals surface area contributed by atoms with Gasteiger partial charge in [0, 0.05) is 5.56 Å². The smallest absolute Gasteiger partial charge is 0.252 e. The van der Waals surface area contributed by atoms with Gasteiger partial charge < -0.3 is 25.3 Å². The van der Waals surface area contributed by atoms with Crippen LogP contribution in [0.4, 0.5) is 0 Å². The molecule has 0 fully saturated rings. The summed E-state index contributed by atoms with van der Waals surface area (Å²) in [5.41, 5.74) is 5.18. The van der Waals surface area contributed by atoms with Crippen LogP contribution in [0.5, 0.6) is 17.2 Å². The van der Waals surface area contributed by atoms with Gasteiger partial charge in [0.1, 0.15) is 0 Å². The molecule has 0 aliphatic carbocycles. The molecule has 0 aliphatic heterocycles. The van der Waals surface area contributed by atoms with Crippen molar-refractivity contribution in [1.29, 1.82) is 0 Å². The van der Waals surface area contributed by atoms with Crippen LogP contribution in [0.3, 0.4) is 0 Å². The van der Waals surface area contributed by atoms with Crippen LogP contribution in [0.25, 0.3) is 0 Å². The van der Waals surface area contributed by atoms with Gasteiger partial charge in [-0.15, -0.1) is 12.8 Å². The third-order valence-electron chi connectivity index (χ3n) is 2.40. The van der Waals surface area contributed by atoms with Gasteiger partial charge in [0.25, 0.3) is 5.91 Å². The van der Waals surface area contributed by atoms with E-state index in [1.807, 2.05) is 0 Å². The number of carbonyl (C=O) groups is 1. The Morgan fingerprint density at radius 1 is 1.14 bits per heavy atom. The fourth-order valence-electron chi connectivity index (χ4n) is 1.45. The molecule has 0 saturated carbocycles. The zero-order chi connectivity index (χ0) is 17.0. The molecule has 0 aliphatic rings. The number of nitrogens with one attached hydrogen (secondary N) is 1. The summed E-state index contributed by atoms with van der Waals surface area (Å²) in [5, 5.41) is 2.56. The van der Waals surface area contributed by atoms with Crippen LogP contribution in [0.2, 0.25) is 0 Å². The van der Waals surface area contributed by atoms with Gasteiger partial charge in [-0.25, -0.2) is 0 Å². The number of rotatable bonds is 5. The average Bonchev–Trinajstić information content (AvgIpc) is 2.58. The van der Waals surface area contributed by atoms with Crippen molar-refractivity contribution in [3.05, 3.63) is 17.7 Å². The van der Waals surface area contributed by atoms with Gasteiger partial charge in [0.15, 0.2) is 11.5 Å². The van der Waals surface area contributed by atoms with Crippen LogP contribution in [0, 0.1) is 24.7 Å². The molecule has 1 amide bonds. The summed E-state index contributed by atoms with van der Waals surface area (Å²) in [6, 6.07) is 3.13. The quantitative estimate of drug-likeness (QED) is 0.781. The van der Waals surface area contributed by atoms with Crippen LogP contribution >= 0.6 is 0 Å². The van der Waals surface area contributed by atoms with Gasteiger partial charge >= 0.3 is 0 Å². The lowest BCUT2D eigenvalue weighted by atomic mass is 10.1. The maximum atomic E-state index is 11.8. The van der Waals surface area contributed by atoms with Crippen LogP contribution in [-0.4, -0.2) is 40.3 Å². The first-order valence-corrected chi connectivity index (χ1v) is 6.24. The van der Waals surface area contributed by atoms with Gasteiger partial charge in [0.2, 0.25) is 5.75 Å². The SMILES string of the molecule is C#CCN.C#CCNC(=O)c1cc(OC)c(OC)c(OC)c1. The van der Waals surface area contributed by atoms with Crippen LogP contribution in [0.15, 0.2) is 12.1 Å². The van der Waals surface area contributed by atoms with Crippen molar-refractivity contribution < 1.29 is 19.0 Å². The number of carbonyl (C=O) groups excluding carboxylic acids is 1. The molecule has 3 N–H and O–H groups in total. The predicted octanol–water partition coefficient (Wildman–Crippen LogP) is 0.654. The first-order chi connectivity index (χ1) is 10.6. The number of amides is 1. The lowest BCUT2D eigenvalue weighted by molar-refractivity contribution is 0.0958. The lowest BCUT2D eigenvalue weighted by Gasteiger charge is -2.13. The Hall–Kier alpha value is -2.83. The van der Waals surface area contributed by atoms with E-state index in [-0.39, 0.29) is 12.5 Å². The highest BCUT2D eigenvalue weighted by Crippen LogP contribution is 2.38. The molecule has 6 heteroatoms. The molecule has 1 rings (SSSR count). The van der Waals surface area contributed by atoms with Crippen molar-refractivity contribution >= 4 is 5.91 Å². The van der Waals surface area contributed by atoms with Crippen molar-refractivity contribution in [3.63, 3.8) is 0 Å². The maximum absolute atomic E-state index is 11.8. The second-order valence-corrected chi connectivity index (χ2v) is 3.71. The highest BCUT2D eigenvalue weighted by atomic mass is 16.5. The number of hydrogen-bond donors (Lipinski definition) is 2. The van der Waals surface area contributed by atoms with E-state index in [2.05, 4.69) is 23.6 Å². The van der Waals surface area contributed by atoms with Crippen molar-refractivity contribution in [2.45, 2.75) is 0 Å². The predicted molar refractivity (Wildman–Crippen MR) is 85.2 cm³/mol. The van der Waals surface area contributed by atoms with Gasteiger partial charge in [-0.3, -0.25) is 4.79 Å². The standard InChI is InChI=1S/C13H15NO4.C3H5N/c1-5-6-14-13(15)9-7-10(16-2)12(18-4)11(8-9)17-3;1-2-3-4/h1,7-8H,6H2,2-4H3,(H,14,15);1H,3-4H2. The summed E-state index contributed by atoms with van der Waals surface area (Å²) in [4.78, 5) is 11.8. The normalized spacial score (nSPS) is 8.45. The largest absolute Gasteiger partial charge is 0.493 e. The fraction of sp³-hybridized carbons (Fsp3) is 0.312. The van der Waals surface area contributed by atoms with E-state index in [1.165, 1.54) is 21.3 Å². The van der Waals surface area contributed by atoms with E-state index in [0.29, 0.717) is 29.4 Å². The fourth-order valence-corrected chi connectivity index (χ4v) is 1.45. The Balaban J connectivity index is 0.000000980. The van der Waals surface area contributed by atoms with Crippen molar-refractivity contribution in [2.75, 3.05) is 34.4 Å². The molecule has 1 aromatic carbocycles. The van der Waals surface area contributed by atoms with Gasteiger partial charge in [0.05, 0.1) is 34.4 Å². The summed E-state index contributed by atoms with van der Waals surface area (Å²) < 4.78 is 15.5.